The van der Waals surface area contributed by atoms with Crippen LogP contribution in [-0.4, -0.2) is 32.0 Å². The van der Waals surface area contributed by atoms with E-state index in [9.17, 15) is 22.6 Å². The quantitative estimate of drug-likeness (QED) is 0.286. The van der Waals surface area contributed by atoms with Gasteiger partial charge in [-0.05, 0) is 48.5 Å². The van der Waals surface area contributed by atoms with Gasteiger partial charge in [-0.25, -0.2) is 18.0 Å². The van der Waals surface area contributed by atoms with E-state index in [1.807, 2.05) is 0 Å². The Bertz CT molecular complexity index is 827. The molecule has 0 atom stereocenters. The zero-order valence-corrected chi connectivity index (χ0v) is 15.7. The molecule has 0 aromatic heterocycles. The summed E-state index contributed by atoms with van der Waals surface area (Å²) in [6.07, 6.45) is 0. The van der Waals surface area contributed by atoms with Crippen molar-refractivity contribution in [2.45, 2.75) is 4.90 Å². The standard InChI is InChI=1S/C15H12O7S.Na/c1-21-14(16)10-2-4-11(5-3-10)15(17)22-12-6-8-13(9-7-12)23(18,19)20;/h2-9H,1H3,(H,18,19,20);/q;+1/p-1. The fourth-order valence-corrected chi connectivity index (χ4v) is 2.17. The van der Waals surface area contributed by atoms with E-state index in [-0.39, 0.29) is 46.4 Å². The van der Waals surface area contributed by atoms with E-state index >= 15 is 0 Å². The van der Waals surface area contributed by atoms with Crippen molar-refractivity contribution in [2.75, 3.05) is 7.11 Å². The molecule has 0 fully saturated rings. The number of hydrogen-bond acceptors (Lipinski definition) is 7. The molecule has 120 valence electrons. The number of rotatable bonds is 4. The summed E-state index contributed by atoms with van der Waals surface area (Å²) in [5.74, 6) is -1.14. The normalized spacial score (nSPS) is 10.4. The van der Waals surface area contributed by atoms with Crippen LogP contribution in [0.4, 0.5) is 0 Å². The molecular formula is C15H11NaO7S. The number of ether oxygens (including phenoxy) is 2. The third-order valence-electron chi connectivity index (χ3n) is 2.86. The summed E-state index contributed by atoms with van der Waals surface area (Å²) < 4.78 is 42.0. The number of hydrogen-bond donors (Lipinski definition) is 0. The zero-order valence-electron chi connectivity index (χ0n) is 12.9. The molecule has 2 aromatic rings. The first-order chi connectivity index (χ1) is 10.8. The van der Waals surface area contributed by atoms with Gasteiger partial charge in [0.1, 0.15) is 15.9 Å². The Balaban J connectivity index is 0.00000288. The van der Waals surface area contributed by atoms with Crippen LogP contribution in [-0.2, 0) is 14.9 Å². The minimum Gasteiger partial charge on any atom is -0.744 e. The van der Waals surface area contributed by atoms with Gasteiger partial charge in [-0.2, -0.15) is 0 Å². The minimum absolute atomic E-state index is 0. The van der Waals surface area contributed by atoms with Gasteiger partial charge in [0.2, 0.25) is 0 Å². The molecule has 0 aliphatic carbocycles. The molecule has 0 heterocycles. The molecule has 0 unspecified atom stereocenters. The molecule has 0 aliphatic heterocycles. The maximum atomic E-state index is 11.9. The van der Waals surface area contributed by atoms with Crippen molar-refractivity contribution in [2.24, 2.45) is 0 Å². The average molecular weight is 358 g/mol. The monoisotopic (exact) mass is 358 g/mol. The summed E-state index contributed by atoms with van der Waals surface area (Å²) in [4.78, 5) is 22.8. The first-order valence-electron chi connectivity index (χ1n) is 6.28. The minimum atomic E-state index is -4.55. The molecule has 2 aromatic carbocycles. The summed E-state index contributed by atoms with van der Waals surface area (Å²) in [5.41, 5.74) is 0.479. The number of methoxy groups -OCH3 is 1. The zero-order chi connectivity index (χ0) is 17.0. The molecule has 2 rings (SSSR count). The van der Waals surface area contributed by atoms with E-state index in [1.54, 1.807) is 0 Å². The molecule has 0 bridgehead atoms. The van der Waals surface area contributed by atoms with Crippen LogP contribution in [0.15, 0.2) is 53.4 Å². The molecule has 0 N–H and O–H groups in total. The van der Waals surface area contributed by atoms with Gasteiger partial charge < -0.3 is 14.0 Å². The number of carbonyl (C=O) groups is 2. The third-order valence-corrected chi connectivity index (χ3v) is 3.71. The molecule has 24 heavy (non-hydrogen) atoms. The molecular weight excluding hydrogens is 347 g/mol. The van der Waals surface area contributed by atoms with E-state index in [0.29, 0.717) is 0 Å². The van der Waals surface area contributed by atoms with E-state index in [2.05, 4.69) is 4.74 Å². The summed E-state index contributed by atoms with van der Waals surface area (Å²) in [6, 6.07) is 10.1. The van der Waals surface area contributed by atoms with Crippen molar-refractivity contribution in [3.05, 3.63) is 59.7 Å². The molecule has 0 saturated heterocycles. The van der Waals surface area contributed by atoms with Gasteiger partial charge in [-0.3, -0.25) is 0 Å². The van der Waals surface area contributed by atoms with E-state index in [0.717, 1.165) is 12.1 Å². The number of benzene rings is 2. The summed E-state index contributed by atoms with van der Waals surface area (Å²) >= 11 is 0. The first-order valence-corrected chi connectivity index (χ1v) is 7.68. The molecule has 0 aliphatic rings. The van der Waals surface area contributed by atoms with Gasteiger partial charge >= 0.3 is 41.5 Å². The average Bonchev–Trinajstić information content (AvgIpc) is 2.54. The second-order valence-corrected chi connectivity index (χ2v) is 5.76. The molecule has 0 amide bonds. The van der Waals surface area contributed by atoms with Crippen LogP contribution in [0.25, 0.3) is 0 Å². The molecule has 0 spiro atoms. The van der Waals surface area contributed by atoms with Crippen molar-refractivity contribution >= 4 is 22.1 Å². The SMILES string of the molecule is COC(=O)c1ccc(C(=O)Oc2ccc(S(=O)(=O)[O-])cc2)cc1.[Na+]. The summed E-state index contributed by atoms with van der Waals surface area (Å²) in [6.45, 7) is 0. The van der Waals surface area contributed by atoms with Crippen LogP contribution in [0, 0.1) is 0 Å². The van der Waals surface area contributed by atoms with Crippen molar-refractivity contribution in [3.63, 3.8) is 0 Å². The Morgan fingerprint density at radius 1 is 0.875 bits per heavy atom. The Hall–Kier alpha value is -1.71. The van der Waals surface area contributed by atoms with Gasteiger partial charge in [0.05, 0.1) is 23.1 Å². The molecule has 9 heteroatoms. The fraction of sp³-hybridized carbons (Fsp3) is 0.0667. The van der Waals surface area contributed by atoms with E-state index < -0.39 is 27.0 Å². The summed E-state index contributed by atoms with van der Waals surface area (Å²) in [5, 5.41) is 0. The second-order valence-electron chi connectivity index (χ2n) is 4.38. The maximum Gasteiger partial charge on any atom is 1.00 e. The second kappa shape index (κ2) is 8.41. The fourth-order valence-electron chi connectivity index (χ4n) is 1.70. The first kappa shape index (κ1) is 20.3. The molecule has 0 radical (unpaired) electrons. The number of carbonyl (C=O) groups excluding carboxylic acids is 2. The number of esters is 2. The van der Waals surface area contributed by atoms with E-state index in [1.165, 1.54) is 43.5 Å². The van der Waals surface area contributed by atoms with Crippen LogP contribution >= 0.6 is 0 Å². The van der Waals surface area contributed by atoms with Gasteiger partial charge in [0, 0.05) is 0 Å². The third kappa shape index (κ3) is 5.15. The predicted octanol–water partition coefficient (Wildman–Crippen LogP) is -1.40. The van der Waals surface area contributed by atoms with Crippen molar-refractivity contribution < 1.29 is 61.6 Å². The smallest absolute Gasteiger partial charge is 0.744 e. The Kier molecular flexibility index (Phi) is 7.12. The van der Waals surface area contributed by atoms with Crippen LogP contribution in [0.5, 0.6) is 5.75 Å². The molecule has 0 saturated carbocycles. The van der Waals surface area contributed by atoms with Gasteiger partial charge in [-0.1, -0.05) is 0 Å². The van der Waals surface area contributed by atoms with Gasteiger partial charge in [0.15, 0.2) is 0 Å². The Morgan fingerprint density at radius 2 is 1.33 bits per heavy atom. The van der Waals surface area contributed by atoms with Gasteiger partial charge in [0.25, 0.3) is 0 Å². The van der Waals surface area contributed by atoms with Crippen molar-refractivity contribution in [1.29, 1.82) is 0 Å². The Morgan fingerprint density at radius 3 is 1.75 bits per heavy atom. The largest absolute Gasteiger partial charge is 1.00 e. The summed E-state index contributed by atoms with van der Waals surface area (Å²) in [7, 11) is -3.30. The molecule has 7 nitrogen and oxygen atoms in total. The van der Waals surface area contributed by atoms with Crippen molar-refractivity contribution in [3.8, 4) is 5.75 Å². The maximum absolute atomic E-state index is 11.9. The Labute approximate surface area is 160 Å². The van der Waals surface area contributed by atoms with Crippen LogP contribution < -0.4 is 34.3 Å². The van der Waals surface area contributed by atoms with Crippen LogP contribution in [0.3, 0.4) is 0 Å². The topological polar surface area (TPSA) is 110 Å². The van der Waals surface area contributed by atoms with Crippen LogP contribution in [0.1, 0.15) is 20.7 Å². The van der Waals surface area contributed by atoms with Crippen molar-refractivity contribution in [1.82, 2.24) is 0 Å². The van der Waals surface area contributed by atoms with Crippen LogP contribution in [0.2, 0.25) is 0 Å². The van der Waals surface area contributed by atoms with Gasteiger partial charge in [-0.15, -0.1) is 0 Å². The predicted molar refractivity (Wildman–Crippen MR) is 77.1 cm³/mol. The van der Waals surface area contributed by atoms with E-state index in [4.69, 9.17) is 4.74 Å².